The first kappa shape index (κ1) is 11.7. The summed E-state index contributed by atoms with van der Waals surface area (Å²) in [6.45, 7) is 5.47. The van der Waals surface area contributed by atoms with Crippen LogP contribution in [0, 0.1) is 5.92 Å². The standard InChI is InChI=1S/C14H16O3/c1-3-13(15)17-12-9-10(2)14(12)16-11-7-5-4-6-8-11/h3-8,10,12,14H,1,9H2,2H3. The lowest BCUT2D eigenvalue weighted by Crippen LogP contribution is -2.51. The van der Waals surface area contributed by atoms with Crippen molar-refractivity contribution in [3.05, 3.63) is 43.0 Å². The number of ether oxygens (including phenoxy) is 2. The first-order chi connectivity index (χ1) is 8.20. The van der Waals surface area contributed by atoms with Gasteiger partial charge in [-0.25, -0.2) is 4.79 Å². The lowest BCUT2D eigenvalue weighted by atomic mass is 9.80. The fourth-order valence-electron chi connectivity index (χ4n) is 1.97. The molecule has 1 saturated carbocycles. The van der Waals surface area contributed by atoms with E-state index in [1.165, 1.54) is 6.08 Å². The number of para-hydroxylation sites is 1. The maximum absolute atomic E-state index is 11.1. The predicted molar refractivity (Wildman–Crippen MR) is 64.7 cm³/mol. The van der Waals surface area contributed by atoms with Crippen LogP contribution in [0.25, 0.3) is 0 Å². The fraction of sp³-hybridized carbons (Fsp3) is 0.357. The van der Waals surface area contributed by atoms with Gasteiger partial charge in [0.1, 0.15) is 18.0 Å². The van der Waals surface area contributed by atoms with Gasteiger partial charge in [0.25, 0.3) is 0 Å². The minimum absolute atomic E-state index is 0.0544. The number of carbonyl (C=O) groups excluding carboxylic acids is 1. The van der Waals surface area contributed by atoms with Crippen molar-refractivity contribution in [2.45, 2.75) is 25.6 Å². The van der Waals surface area contributed by atoms with Crippen molar-refractivity contribution in [3.8, 4) is 5.75 Å². The molecule has 0 saturated heterocycles. The highest BCUT2D eigenvalue weighted by atomic mass is 16.6. The normalized spacial score (nSPS) is 26.8. The third-order valence-electron chi connectivity index (χ3n) is 2.98. The van der Waals surface area contributed by atoms with E-state index in [2.05, 4.69) is 13.5 Å². The lowest BCUT2D eigenvalue weighted by molar-refractivity contribution is -0.163. The third-order valence-corrected chi connectivity index (χ3v) is 2.98. The molecule has 1 aliphatic rings. The number of benzene rings is 1. The Kier molecular flexibility index (Phi) is 3.47. The van der Waals surface area contributed by atoms with Crippen LogP contribution < -0.4 is 4.74 Å². The molecule has 17 heavy (non-hydrogen) atoms. The van der Waals surface area contributed by atoms with Crippen LogP contribution in [-0.4, -0.2) is 18.2 Å². The zero-order valence-corrected chi connectivity index (χ0v) is 9.84. The number of esters is 1. The van der Waals surface area contributed by atoms with Crippen molar-refractivity contribution in [1.29, 1.82) is 0 Å². The van der Waals surface area contributed by atoms with Gasteiger partial charge < -0.3 is 9.47 Å². The summed E-state index contributed by atoms with van der Waals surface area (Å²) in [4.78, 5) is 11.1. The molecular formula is C14H16O3. The van der Waals surface area contributed by atoms with Gasteiger partial charge >= 0.3 is 5.97 Å². The van der Waals surface area contributed by atoms with Crippen LogP contribution in [0.15, 0.2) is 43.0 Å². The molecule has 0 amide bonds. The smallest absolute Gasteiger partial charge is 0.330 e. The van der Waals surface area contributed by atoms with E-state index in [0.717, 1.165) is 12.2 Å². The van der Waals surface area contributed by atoms with Gasteiger partial charge in [0.15, 0.2) is 0 Å². The second-order valence-corrected chi connectivity index (χ2v) is 4.29. The Morgan fingerprint density at radius 3 is 2.71 bits per heavy atom. The van der Waals surface area contributed by atoms with E-state index in [1.54, 1.807) is 0 Å². The van der Waals surface area contributed by atoms with Crippen molar-refractivity contribution in [1.82, 2.24) is 0 Å². The average molecular weight is 232 g/mol. The van der Waals surface area contributed by atoms with Crippen LogP contribution >= 0.6 is 0 Å². The molecular weight excluding hydrogens is 216 g/mol. The quantitative estimate of drug-likeness (QED) is 0.591. The van der Waals surface area contributed by atoms with Crippen LogP contribution in [-0.2, 0) is 9.53 Å². The average Bonchev–Trinajstić information content (AvgIpc) is 2.36. The van der Waals surface area contributed by atoms with E-state index >= 15 is 0 Å². The molecule has 90 valence electrons. The van der Waals surface area contributed by atoms with Gasteiger partial charge in [0.2, 0.25) is 0 Å². The molecule has 0 N–H and O–H groups in total. The molecule has 0 aliphatic heterocycles. The first-order valence-electron chi connectivity index (χ1n) is 5.75. The highest BCUT2D eigenvalue weighted by Crippen LogP contribution is 2.34. The van der Waals surface area contributed by atoms with E-state index in [9.17, 15) is 4.79 Å². The Bertz CT molecular complexity index is 399. The van der Waals surface area contributed by atoms with E-state index in [0.29, 0.717) is 5.92 Å². The van der Waals surface area contributed by atoms with E-state index in [1.807, 2.05) is 30.3 Å². The molecule has 1 aromatic rings. The van der Waals surface area contributed by atoms with Crippen LogP contribution in [0.2, 0.25) is 0 Å². The van der Waals surface area contributed by atoms with Crippen molar-refractivity contribution in [2.24, 2.45) is 5.92 Å². The monoisotopic (exact) mass is 232 g/mol. The minimum atomic E-state index is -0.386. The Morgan fingerprint density at radius 2 is 2.12 bits per heavy atom. The molecule has 0 bridgehead atoms. The van der Waals surface area contributed by atoms with Crippen molar-refractivity contribution in [3.63, 3.8) is 0 Å². The summed E-state index contributed by atoms with van der Waals surface area (Å²) < 4.78 is 11.0. The van der Waals surface area contributed by atoms with E-state index < -0.39 is 0 Å². The van der Waals surface area contributed by atoms with Crippen LogP contribution in [0.5, 0.6) is 5.75 Å². The molecule has 2 rings (SSSR count). The fourth-order valence-corrected chi connectivity index (χ4v) is 1.97. The molecule has 1 fully saturated rings. The summed E-state index contributed by atoms with van der Waals surface area (Å²) in [6, 6.07) is 9.58. The van der Waals surface area contributed by atoms with Crippen LogP contribution in [0.4, 0.5) is 0 Å². The molecule has 0 aromatic heterocycles. The first-order valence-corrected chi connectivity index (χ1v) is 5.75. The summed E-state index contributed by atoms with van der Waals surface area (Å²) in [7, 11) is 0. The molecule has 1 aliphatic carbocycles. The predicted octanol–water partition coefficient (Wildman–Crippen LogP) is 2.57. The van der Waals surface area contributed by atoms with Crippen molar-refractivity contribution >= 4 is 5.97 Å². The minimum Gasteiger partial charge on any atom is -0.486 e. The molecule has 3 nitrogen and oxygen atoms in total. The van der Waals surface area contributed by atoms with Crippen molar-refractivity contribution < 1.29 is 14.3 Å². The summed E-state index contributed by atoms with van der Waals surface area (Å²) in [5, 5.41) is 0. The Labute approximate surface area is 101 Å². The lowest BCUT2D eigenvalue weighted by Gasteiger charge is -2.41. The maximum Gasteiger partial charge on any atom is 0.330 e. The van der Waals surface area contributed by atoms with Gasteiger partial charge in [0.05, 0.1) is 0 Å². The summed E-state index contributed by atoms with van der Waals surface area (Å²) in [6.07, 6.45) is 1.82. The topological polar surface area (TPSA) is 35.5 Å². The van der Waals surface area contributed by atoms with Gasteiger partial charge in [-0.05, 0) is 18.6 Å². The maximum atomic E-state index is 11.1. The summed E-state index contributed by atoms with van der Waals surface area (Å²) in [5.41, 5.74) is 0. The summed E-state index contributed by atoms with van der Waals surface area (Å²) >= 11 is 0. The van der Waals surface area contributed by atoms with E-state index in [-0.39, 0.29) is 18.2 Å². The number of rotatable bonds is 4. The van der Waals surface area contributed by atoms with E-state index in [4.69, 9.17) is 9.47 Å². The van der Waals surface area contributed by atoms with Gasteiger partial charge in [-0.3, -0.25) is 0 Å². The van der Waals surface area contributed by atoms with Gasteiger partial charge in [-0.1, -0.05) is 31.7 Å². The molecule has 3 unspecified atom stereocenters. The zero-order chi connectivity index (χ0) is 12.3. The molecule has 3 atom stereocenters. The van der Waals surface area contributed by atoms with Crippen LogP contribution in [0.3, 0.4) is 0 Å². The number of hydrogen-bond acceptors (Lipinski definition) is 3. The largest absolute Gasteiger partial charge is 0.486 e. The Balaban J connectivity index is 1.95. The second-order valence-electron chi connectivity index (χ2n) is 4.29. The molecule has 1 aromatic carbocycles. The van der Waals surface area contributed by atoms with Gasteiger partial charge in [0, 0.05) is 12.0 Å². The Morgan fingerprint density at radius 1 is 1.41 bits per heavy atom. The third kappa shape index (κ3) is 2.67. The van der Waals surface area contributed by atoms with Crippen LogP contribution in [0.1, 0.15) is 13.3 Å². The summed E-state index contributed by atoms with van der Waals surface area (Å²) in [5.74, 6) is 0.824. The molecule has 0 radical (unpaired) electrons. The highest BCUT2D eigenvalue weighted by molar-refractivity contribution is 5.81. The molecule has 0 spiro atoms. The number of hydrogen-bond donors (Lipinski definition) is 0. The second kappa shape index (κ2) is 5.04. The number of carbonyl (C=O) groups is 1. The SMILES string of the molecule is C=CC(=O)OC1CC(C)C1Oc1ccccc1. The van der Waals surface area contributed by atoms with Gasteiger partial charge in [-0.2, -0.15) is 0 Å². The molecule has 3 heteroatoms. The zero-order valence-electron chi connectivity index (χ0n) is 9.84. The molecule has 0 heterocycles. The Hall–Kier alpha value is -1.77. The highest BCUT2D eigenvalue weighted by Gasteiger charge is 2.42. The van der Waals surface area contributed by atoms with Crippen molar-refractivity contribution in [2.75, 3.05) is 0 Å². The van der Waals surface area contributed by atoms with Gasteiger partial charge in [-0.15, -0.1) is 0 Å².